The molecule has 6 rings (SSSR count). The number of allylic oxidation sites excluding steroid dienone is 6. The second-order valence-corrected chi connectivity index (χ2v) is 11.5. The van der Waals surface area contributed by atoms with Crippen molar-refractivity contribution < 1.29 is 38.9 Å². The standard InChI is InChI=1S/C31H24BrNO8/c1-13-8-22(34)26-20(27(13)35)12-19-17(24(26)15-10-21(32)28(36)23(11-15)41-2)6-7-18-25(19)30(38)33(29(18)37)16-5-3-4-14(9-16)31(39)40/h3-6,8-11,18-19,24-25,36H,7,12H2,1-2H3,(H,39,40). The number of halogens is 1. The molecule has 0 bridgehead atoms. The highest BCUT2D eigenvalue weighted by molar-refractivity contribution is 9.10. The molecule has 1 heterocycles. The van der Waals surface area contributed by atoms with E-state index in [1.807, 2.05) is 6.08 Å². The average Bonchev–Trinajstić information content (AvgIpc) is 3.21. The van der Waals surface area contributed by atoms with Gasteiger partial charge in [0.25, 0.3) is 0 Å². The molecule has 1 aliphatic heterocycles. The van der Waals surface area contributed by atoms with Crippen molar-refractivity contribution in [2.75, 3.05) is 12.0 Å². The molecule has 0 spiro atoms. The number of carbonyl (C=O) groups excluding carboxylic acids is 4. The summed E-state index contributed by atoms with van der Waals surface area (Å²) < 4.78 is 5.69. The number of fused-ring (bicyclic) bond motifs is 3. The number of phenols is 1. The molecular formula is C31H24BrNO8. The van der Waals surface area contributed by atoms with Crippen LogP contribution in [0.5, 0.6) is 11.5 Å². The lowest BCUT2D eigenvalue weighted by Crippen LogP contribution is -2.39. The Kier molecular flexibility index (Phi) is 6.33. The molecule has 1 saturated heterocycles. The van der Waals surface area contributed by atoms with Crippen LogP contribution in [0, 0.1) is 17.8 Å². The van der Waals surface area contributed by atoms with E-state index in [0.717, 1.165) is 10.5 Å². The number of aromatic hydroxyl groups is 1. The first-order valence-corrected chi connectivity index (χ1v) is 13.8. The van der Waals surface area contributed by atoms with Crippen molar-refractivity contribution in [3.8, 4) is 11.5 Å². The van der Waals surface area contributed by atoms with E-state index < -0.39 is 41.5 Å². The summed E-state index contributed by atoms with van der Waals surface area (Å²) in [5, 5.41) is 19.9. The third kappa shape index (κ3) is 4.00. The van der Waals surface area contributed by atoms with E-state index in [9.17, 15) is 34.2 Å². The number of ketones is 2. The van der Waals surface area contributed by atoms with E-state index in [4.69, 9.17) is 4.74 Å². The normalized spacial score (nSPS) is 25.4. The first-order chi connectivity index (χ1) is 19.5. The maximum atomic E-state index is 14.0. The van der Waals surface area contributed by atoms with Gasteiger partial charge in [-0.1, -0.05) is 17.7 Å². The number of carboxylic acids is 1. The number of amides is 2. The lowest BCUT2D eigenvalue weighted by molar-refractivity contribution is -0.123. The summed E-state index contributed by atoms with van der Waals surface area (Å²) in [7, 11) is 1.41. The smallest absolute Gasteiger partial charge is 0.335 e. The van der Waals surface area contributed by atoms with Crippen LogP contribution in [0.2, 0.25) is 0 Å². The first kappa shape index (κ1) is 26.9. The quantitative estimate of drug-likeness (QED) is 0.291. The average molecular weight is 618 g/mol. The predicted octanol–water partition coefficient (Wildman–Crippen LogP) is 4.50. The molecule has 2 aromatic carbocycles. The fourth-order valence-electron chi connectivity index (χ4n) is 6.71. The Balaban J connectivity index is 1.49. The van der Waals surface area contributed by atoms with Crippen molar-refractivity contribution >= 4 is 51.0 Å². The third-order valence-electron chi connectivity index (χ3n) is 8.52. The van der Waals surface area contributed by atoms with Crippen molar-refractivity contribution in [2.45, 2.75) is 25.7 Å². The fourth-order valence-corrected chi connectivity index (χ4v) is 7.17. The number of hydrogen-bond acceptors (Lipinski definition) is 7. The summed E-state index contributed by atoms with van der Waals surface area (Å²) in [5.41, 5.74) is 2.41. The molecule has 208 valence electrons. The van der Waals surface area contributed by atoms with Gasteiger partial charge in [0.15, 0.2) is 23.1 Å². The highest BCUT2D eigenvalue weighted by Crippen LogP contribution is 2.56. The van der Waals surface area contributed by atoms with E-state index >= 15 is 0 Å². The number of ether oxygens (including phenoxy) is 1. The summed E-state index contributed by atoms with van der Waals surface area (Å²) in [4.78, 5) is 67.1. The number of imide groups is 1. The van der Waals surface area contributed by atoms with Crippen molar-refractivity contribution in [2.24, 2.45) is 17.8 Å². The van der Waals surface area contributed by atoms with Crippen LogP contribution in [0.25, 0.3) is 0 Å². The number of rotatable bonds is 4. The maximum Gasteiger partial charge on any atom is 0.335 e. The van der Waals surface area contributed by atoms with Crippen LogP contribution >= 0.6 is 15.9 Å². The number of aromatic carboxylic acids is 1. The minimum atomic E-state index is -1.18. The van der Waals surface area contributed by atoms with Crippen LogP contribution in [0.15, 0.2) is 75.3 Å². The minimum Gasteiger partial charge on any atom is -0.503 e. The van der Waals surface area contributed by atoms with Crippen LogP contribution < -0.4 is 9.64 Å². The molecule has 4 aliphatic rings. The topological polar surface area (TPSA) is 138 Å². The van der Waals surface area contributed by atoms with Gasteiger partial charge in [-0.2, -0.15) is 0 Å². The number of benzene rings is 2. The second-order valence-electron chi connectivity index (χ2n) is 10.6. The van der Waals surface area contributed by atoms with Gasteiger partial charge < -0.3 is 14.9 Å². The van der Waals surface area contributed by atoms with Gasteiger partial charge in [-0.05, 0) is 83.6 Å². The molecule has 4 atom stereocenters. The summed E-state index contributed by atoms with van der Waals surface area (Å²) in [5.74, 6) is -5.35. The molecule has 3 aliphatic carbocycles. The minimum absolute atomic E-state index is 0.0512. The highest BCUT2D eigenvalue weighted by atomic mass is 79.9. The number of anilines is 1. The summed E-state index contributed by atoms with van der Waals surface area (Å²) in [6.07, 6.45) is 3.57. The summed E-state index contributed by atoms with van der Waals surface area (Å²) >= 11 is 3.35. The summed E-state index contributed by atoms with van der Waals surface area (Å²) in [6, 6.07) is 8.96. The van der Waals surface area contributed by atoms with Gasteiger partial charge in [0.2, 0.25) is 11.8 Å². The number of phenolic OH excluding ortho intramolecular Hbond substituents is 1. The van der Waals surface area contributed by atoms with Gasteiger partial charge in [-0.3, -0.25) is 24.1 Å². The van der Waals surface area contributed by atoms with Gasteiger partial charge in [0.1, 0.15) is 0 Å². The number of nitrogens with zero attached hydrogens (tertiary/aromatic N) is 1. The van der Waals surface area contributed by atoms with Gasteiger partial charge in [-0.15, -0.1) is 0 Å². The Morgan fingerprint density at radius 3 is 2.54 bits per heavy atom. The largest absolute Gasteiger partial charge is 0.503 e. The molecule has 0 saturated carbocycles. The Bertz CT molecular complexity index is 1700. The maximum absolute atomic E-state index is 14.0. The zero-order chi connectivity index (χ0) is 29.3. The predicted molar refractivity (Wildman–Crippen MR) is 150 cm³/mol. The van der Waals surface area contributed by atoms with Crippen molar-refractivity contribution in [3.63, 3.8) is 0 Å². The Hall–Kier alpha value is -4.31. The van der Waals surface area contributed by atoms with Gasteiger partial charge in [-0.25, -0.2) is 4.79 Å². The lowest BCUT2D eigenvalue weighted by Gasteiger charge is -2.42. The van der Waals surface area contributed by atoms with E-state index in [-0.39, 0.29) is 47.2 Å². The summed E-state index contributed by atoms with van der Waals surface area (Å²) in [6.45, 7) is 1.58. The molecule has 1 fully saturated rings. The van der Waals surface area contributed by atoms with Gasteiger partial charge in [0.05, 0.1) is 34.7 Å². The molecule has 0 aromatic heterocycles. The molecule has 4 unspecified atom stereocenters. The SMILES string of the molecule is COc1cc(C2C3=CCC4C(=O)N(c5cccc(C(=O)O)c5)C(=O)C4C3CC3=C2C(=O)C=C(C)C3=O)cc(Br)c1O. The molecule has 10 heteroatoms. The van der Waals surface area contributed by atoms with Crippen molar-refractivity contribution in [1.29, 1.82) is 0 Å². The van der Waals surface area contributed by atoms with Crippen LogP contribution in [0.1, 0.15) is 41.6 Å². The number of Topliss-reactive ketones (excluding diaryl/α,β-unsaturated/α-hetero) is 1. The zero-order valence-corrected chi connectivity index (χ0v) is 23.6. The zero-order valence-electron chi connectivity index (χ0n) is 22.0. The van der Waals surface area contributed by atoms with Crippen LogP contribution in [-0.4, -0.2) is 46.7 Å². The molecule has 0 radical (unpaired) electrons. The Morgan fingerprint density at radius 2 is 1.83 bits per heavy atom. The second kappa shape index (κ2) is 9.66. The van der Waals surface area contributed by atoms with E-state index in [1.54, 1.807) is 19.1 Å². The number of carboxylic acid groups (broad SMARTS) is 1. The lowest BCUT2D eigenvalue weighted by atomic mass is 9.59. The van der Waals surface area contributed by atoms with Gasteiger partial charge >= 0.3 is 5.97 Å². The van der Waals surface area contributed by atoms with E-state index in [2.05, 4.69) is 15.9 Å². The molecule has 2 amide bonds. The van der Waals surface area contributed by atoms with Crippen molar-refractivity contribution in [1.82, 2.24) is 0 Å². The molecule has 2 N–H and O–H groups in total. The molecular weight excluding hydrogens is 594 g/mol. The molecule has 2 aromatic rings. The van der Waals surface area contributed by atoms with Crippen LogP contribution in [0.3, 0.4) is 0 Å². The number of methoxy groups -OCH3 is 1. The number of carbonyl (C=O) groups is 5. The van der Waals surface area contributed by atoms with Gasteiger partial charge in [0, 0.05) is 22.6 Å². The van der Waals surface area contributed by atoms with E-state index in [1.165, 1.54) is 37.5 Å². The Morgan fingerprint density at radius 1 is 1.07 bits per heavy atom. The molecule has 41 heavy (non-hydrogen) atoms. The Labute approximate surface area is 242 Å². The monoisotopic (exact) mass is 617 g/mol. The van der Waals surface area contributed by atoms with E-state index in [0.29, 0.717) is 26.8 Å². The highest BCUT2D eigenvalue weighted by Gasteiger charge is 2.56. The van der Waals surface area contributed by atoms with Crippen LogP contribution in [0.4, 0.5) is 5.69 Å². The number of hydrogen-bond donors (Lipinski definition) is 2. The van der Waals surface area contributed by atoms with Crippen molar-refractivity contribution in [3.05, 3.63) is 86.4 Å². The van der Waals surface area contributed by atoms with Crippen LogP contribution in [-0.2, 0) is 19.2 Å². The molecule has 9 nitrogen and oxygen atoms in total. The first-order valence-electron chi connectivity index (χ1n) is 13.0. The fraction of sp³-hybridized carbons (Fsp3) is 0.258. The third-order valence-corrected chi connectivity index (χ3v) is 9.12.